The molecule has 0 spiro atoms. The summed E-state index contributed by atoms with van der Waals surface area (Å²) in [5, 5.41) is 22.1. The summed E-state index contributed by atoms with van der Waals surface area (Å²) in [6.07, 6.45) is 3.84. The van der Waals surface area contributed by atoms with Crippen molar-refractivity contribution in [3.63, 3.8) is 0 Å². The number of benzene rings is 2. The number of rotatable bonds is 8. The maximum atomic E-state index is 13.8. The normalized spacial score (nSPS) is 13.7. The summed E-state index contributed by atoms with van der Waals surface area (Å²) < 4.78 is 15.6. The molecule has 2 aromatic carbocycles. The third-order valence-corrected chi connectivity index (χ3v) is 7.09. The molecule has 0 unspecified atom stereocenters. The van der Waals surface area contributed by atoms with Gasteiger partial charge < -0.3 is 15.7 Å². The first-order valence-electron chi connectivity index (χ1n) is 12.3. The topological polar surface area (TPSA) is 91.5 Å². The van der Waals surface area contributed by atoms with Crippen molar-refractivity contribution in [1.29, 1.82) is 0 Å². The highest BCUT2D eigenvalue weighted by Crippen LogP contribution is 2.33. The quantitative estimate of drug-likeness (QED) is 0.290. The molecule has 4 aromatic rings. The zero-order valence-corrected chi connectivity index (χ0v) is 22.1. The Kier molecular flexibility index (Phi) is 6.68. The number of hydrogen-bond donors (Lipinski definition) is 3. The average molecular weight is 520 g/mol. The van der Waals surface area contributed by atoms with E-state index in [1.807, 2.05) is 31.2 Å². The van der Waals surface area contributed by atoms with Gasteiger partial charge in [-0.25, -0.2) is 13.9 Å². The molecule has 0 bridgehead atoms. The SMILES string of the molecule is Cc1cc(Sc2cc(NCC(C)(C)O)c3ncc(-c4ccc(C(=O)NC5CC5)c(C)c4)n3n2)ccc1F. The highest BCUT2D eigenvalue weighted by Gasteiger charge is 2.25. The van der Waals surface area contributed by atoms with Gasteiger partial charge in [0.2, 0.25) is 0 Å². The molecule has 1 fully saturated rings. The predicted octanol–water partition coefficient (Wildman–Crippen LogP) is 5.38. The zero-order valence-electron chi connectivity index (χ0n) is 21.3. The third kappa shape index (κ3) is 5.78. The van der Waals surface area contributed by atoms with Crippen molar-refractivity contribution in [2.75, 3.05) is 11.9 Å². The van der Waals surface area contributed by atoms with Crippen LogP contribution in [0, 0.1) is 19.7 Å². The summed E-state index contributed by atoms with van der Waals surface area (Å²) in [5.74, 6) is -0.295. The maximum Gasteiger partial charge on any atom is 0.251 e. The molecule has 9 heteroatoms. The number of halogens is 1. The second-order valence-corrected chi connectivity index (χ2v) is 11.3. The molecular formula is C28H30FN5O2S. The maximum absolute atomic E-state index is 13.8. The first-order valence-corrected chi connectivity index (χ1v) is 13.1. The van der Waals surface area contributed by atoms with Crippen LogP contribution in [0.15, 0.2) is 58.6 Å². The van der Waals surface area contributed by atoms with E-state index in [2.05, 4.69) is 15.6 Å². The Balaban J connectivity index is 1.54. The van der Waals surface area contributed by atoms with Gasteiger partial charge in [0.05, 0.1) is 23.2 Å². The van der Waals surface area contributed by atoms with Crippen LogP contribution in [-0.2, 0) is 0 Å². The number of aliphatic hydroxyl groups is 1. The first kappa shape index (κ1) is 25.2. The molecule has 1 aliphatic rings. The van der Waals surface area contributed by atoms with Crippen LogP contribution < -0.4 is 10.6 Å². The van der Waals surface area contributed by atoms with Gasteiger partial charge in [0.15, 0.2) is 5.65 Å². The summed E-state index contributed by atoms with van der Waals surface area (Å²) in [4.78, 5) is 18.1. The Hall–Kier alpha value is -3.43. The minimum absolute atomic E-state index is 0.0470. The second-order valence-electron chi connectivity index (χ2n) is 10.2. The molecular weight excluding hydrogens is 489 g/mol. The van der Waals surface area contributed by atoms with Gasteiger partial charge in [-0.05, 0) is 88.1 Å². The summed E-state index contributed by atoms with van der Waals surface area (Å²) in [5.41, 5.74) is 4.17. The summed E-state index contributed by atoms with van der Waals surface area (Å²) >= 11 is 1.42. The number of hydrogen-bond acceptors (Lipinski definition) is 6. The molecule has 0 saturated heterocycles. The molecule has 0 radical (unpaired) electrons. The highest BCUT2D eigenvalue weighted by molar-refractivity contribution is 7.99. The van der Waals surface area contributed by atoms with Gasteiger partial charge in [-0.1, -0.05) is 17.8 Å². The van der Waals surface area contributed by atoms with E-state index in [0.29, 0.717) is 34.4 Å². The molecule has 1 saturated carbocycles. The molecule has 7 nitrogen and oxygen atoms in total. The van der Waals surface area contributed by atoms with Crippen LogP contribution in [0.3, 0.4) is 0 Å². The Labute approximate surface area is 219 Å². The average Bonchev–Trinajstić information content (AvgIpc) is 3.54. The van der Waals surface area contributed by atoms with Gasteiger partial charge >= 0.3 is 0 Å². The van der Waals surface area contributed by atoms with Gasteiger partial charge in [0, 0.05) is 28.6 Å². The number of fused-ring (bicyclic) bond motifs is 1. The van der Waals surface area contributed by atoms with Crippen LogP contribution >= 0.6 is 11.8 Å². The van der Waals surface area contributed by atoms with Crippen molar-refractivity contribution in [2.45, 2.75) is 62.1 Å². The lowest BCUT2D eigenvalue weighted by molar-refractivity contribution is 0.0940. The number of carbonyl (C=O) groups excluding carboxylic acids is 1. The summed E-state index contributed by atoms with van der Waals surface area (Å²) in [6.45, 7) is 7.44. The lowest BCUT2D eigenvalue weighted by Crippen LogP contribution is -2.29. The monoisotopic (exact) mass is 519 g/mol. The number of nitrogens with zero attached hydrogens (tertiary/aromatic N) is 3. The van der Waals surface area contributed by atoms with Crippen LogP contribution in [0.25, 0.3) is 16.9 Å². The van der Waals surface area contributed by atoms with Crippen molar-refractivity contribution in [1.82, 2.24) is 19.9 Å². The smallest absolute Gasteiger partial charge is 0.251 e. The lowest BCUT2D eigenvalue weighted by atomic mass is 10.0. The van der Waals surface area contributed by atoms with Crippen LogP contribution in [-0.4, -0.2) is 43.8 Å². The van der Waals surface area contributed by atoms with E-state index in [1.165, 1.54) is 17.8 Å². The highest BCUT2D eigenvalue weighted by atomic mass is 32.2. The molecule has 192 valence electrons. The molecule has 0 aliphatic heterocycles. The van der Waals surface area contributed by atoms with E-state index in [9.17, 15) is 14.3 Å². The van der Waals surface area contributed by atoms with E-state index in [0.717, 1.165) is 40.2 Å². The molecule has 37 heavy (non-hydrogen) atoms. The number of nitrogens with one attached hydrogen (secondary N) is 2. The van der Waals surface area contributed by atoms with Crippen molar-refractivity contribution in [2.24, 2.45) is 0 Å². The van der Waals surface area contributed by atoms with Crippen LogP contribution in [0.2, 0.25) is 0 Å². The predicted molar refractivity (Wildman–Crippen MR) is 144 cm³/mol. The summed E-state index contributed by atoms with van der Waals surface area (Å²) in [6, 6.07) is 12.9. The number of aromatic nitrogens is 3. The number of amides is 1. The van der Waals surface area contributed by atoms with Crippen LogP contribution in [0.1, 0.15) is 48.2 Å². The lowest BCUT2D eigenvalue weighted by Gasteiger charge is -2.19. The van der Waals surface area contributed by atoms with E-state index < -0.39 is 5.60 Å². The Morgan fingerprint density at radius 1 is 1.16 bits per heavy atom. The fourth-order valence-corrected chi connectivity index (χ4v) is 4.92. The van der Waals surface area contributed by atoms with Crippen molar-refractivity contribution in [3.8, 4) is 11.3 Å². The van der Waals surface area contributed by atoms with Gasteiger partial charge in [0.25, 0.3) is 5.91 Å². The second kappa shape index (κ2) is 9.79. The van der Waals surface area contributed by atoms with E-state index >= 15 is 0 Å². The van der Waals surface area contributed by atoms with Crippen LogP contribution in [0.4, 0.5) is 10.1 Å². The molecule has 2 heterocycles. The molecule has 1 aliphatic carbocycles. The standard InChI is InChI=1S/C28H30FN5O2S/c1-16-11-18(5-9-21(16)27(35)32-19-6-7-19)24-14-30-26-23(31-15-28(3,4)36)13-25(33-34(24)26)37-20-8-10-22(29)17(2)12-20/h5,8-14,19,31,36H,6-7,15H2,1-4H3,(H,32,35). The Morgan fingerprint density at radius 2 is 1.95 bits per heavy atom. The minimum Gasteiger partial charge on any atom is -0.389 e. The van der Waals surface area contributed by atoms with E-state index in [1.54, 1.807) is 43.6 Å². The molecule has 0 atom stereocenters. The fraction of sp³-hybridized carbons (Fsp3) is 0.321. The van der Waals surface area contributed by atoms with Gasteiger partial charge in [0.1, 0.15) is 10.8 Å². The fourth-order valence-electron chi connectivity index (χ4n) is 4.00. The summed E-state index contributed by atoms with van der Waals surface area (Å²) in [7, 11) is 0. The van der Waals surface area contributed by atoms with Gasteiger partial charge in [-0.2, -0.15) is 5.10 Å². The Bertz CT molecular complexity index is 1490. The van der Waals surface area contributed by atoms with Gasteiger partial charge in [-0.3, -0.25) is 4.79 Å². The number of imidazole rings is 1. The largest absolute Gasteiger partial charge is 0.389 e. The number of anilines is 1. The van der Waals surface area contributed by atoms with Crippen molar-refractivity contribution in [3.05, 3.63) is 71.2 Å². The molecule has 2 aromatic heterocycles. The van der Waals surface area contributed by atoms with E-state index in [-0.39, 0.29) is 11.7 Å². The molecule has 5 rings (SSSR count). The van der Waals surface area contributed by atoms with Crippen LogP contribution in [0.5, 0.6) is 0 Å². The third-order valence-electron chi connectivity index (χ3n) is 6.19. The van der Waals surface area contributed by atoms with Crippen molar-refractivity contribution < 1.29 is 14.3 Å². The molecule has 3 N–H and O–H groups in total. The first-order chi connectivity index (χ1) is 17.6. The zero-order chi connectivity index (χ0) is 26.3. The minimum atomic E-state index is -0.926. The molecule has 1 amide bonds. The van der Waals surface area contributed by atoms with Gasteiger partial charge in [-0.15, -0.1) is 0 Å². The number of aryl methyl sites for hydroxylation is 2. The van der Waals surface area contributed by atoms with E-state index in [4.69, 9.17) is 5.10 Å². The number of carbonyl (C=O) groups is 1. The Morgan fingerprint density at radius 3 is 2.62 bits per heavy atom. The van der Waals surface area contributed by atoms with Crippen molar-refractivity contribution >= 4 is 29.0 Å².